The third-order valence-electron chi connectivity index (χ3n) is 3.90. The zero-order valence-electron chi connectivity index (χ0n) is 14.9. The highest BCUT2D eigenvalue weighted by molar-refractivity contribution is 7.92. The Morgan fingerprint density at radius 1 is 1.12 bits per heavy atom. The van der Waals surface area contributed by atoms with E-state index in [0.717, 1.165) is 21.7 Å². The lowest BCUT2D eigenvalue weighted by molar-refractivity contribution is -0.116. The van der Waals surface area contributed by atoms with Crippen molar-refractivity contribution in [3.05, 3.63) is 57.6 Å². The van der Waals surface area contributed by atoms with E-state index in [-0.39, 0.29) is 15.7 Å². The van der Waals surface area contributed by atoms with Crippen LogP contribution in [0, 0.1) is 13.8 Å². The summed E-state index contributed by atoms with van der Waals surface area (Å²) in [7, 11) is -3.71. The van der Waals surface area contributed by atoms with Crippen LogP contribution in [0.1, 0.15) is 18.1 Å². The van der Waals surface area contributed by atoms with Crippen LogP contribution in [0.3, 0.4) is 0 Å². The third-order valence-corrected chi connectivity index (χ3v) is 5.76. The quantitative estimate of drug-likeness (QED) is 0.787. The molecule has 1 N–H and O–H groups in total. The maximum atomic E-state index is 12.7. The second-order valence-corrected chi connectivity index (χ2v) is 8.78. The van der Waals surface area contributed by atoms with E-state index in [1.807, 2.05) is 19.1 Å². The van der Waals surface area contributed by atoms with Crippen molar-refractivity contribution >= 4 is 50.5 Å². The second-order valence-electron chi connectivity index (χ2n) is 6.11. The number of anilines is 2. The molecule has 0 aliphatic carbocycles. The van der Waals surface area contributed by atoms with Gasteiger partial charge in [0.15, 0.2) is 0 Å². The van der Waals surface area contributed by atoms with E-state index < -0.39 is 22.0 Å². The lowest BCUT2D eigenvalue weighted by Crippen LogP contribution is -2.45. The normalized spacial score (nSPS) is 12.5. The van der Waals surface area contributed by atoms with E-state index in [1.165, 1.54) is 6.92 Å². The average molecular weight is 415 g/mol. The molecule has 0 bridgehead atoms. The molecule has 1 atom stereocenters. The Kier molecular flexibility index (Phi) is 6.21. The molecule has 26 heavy (non-hydrogen) atoms. The van der Waals surface area contributed by atoms with Crippen molar-refractivity contribution in [3.8, 4) is 0 Å². The van der Waals surface area contributed by atoms with Gasteiger partial charge in [-0.25, -0.2) is 8.42 Å². The summed E-state index contributed by atoms with van der Waals surface area (Å²) in [6.45, 7) is 5.17. The molecule has 0 fully saturated rings. The third kappa shape index (κ3) is 4.50. The highest BCUT2D eigenvalue weighted by Crippen LogP contribution is 2.31. The van der Waals surface area contributed by atoms with E-state index in [4.69, 9.17) is 23.2 Å². The number of benzene rings is 2. The number of hydrogen-bond acceptors (Lipinski definition) is 3. The molecule has 0 aliphatic heterocycles. The Bertz CT molecular complexity index is 925. The van der Waals surface area contributed by atoms with E-state index in [1.54, 1.807) is 31.2 Å². The molecule has 2 rings (SSSR count). The largest absolute Gasteiger partial charge is 0.322 e. The lowest BCUT2D eigenvalue weighted by atomic mass is 10.1. The van der Waals surface area contributed by atoms with Gasteiger partial charge >= 0.3 is 0 Å². The number of rotatable bonds is 5. The number of carbonyl (C=O) groups is 1. The number of aryl methyl sites for hydroxylation is 2. The van der Waals surface area contributed by atoms with Crippen molar-refractivity contribution in [1.82, 2.24) is 0 Å². The maximum absolute atomic E-state index is 12.7. The van der Waals surface area contributed by atoms with E-state index in [2.05, 4.69) is 5.32 Å². The summed E-state index contributed by atoms with van der Waals surface area (Å²) < 4.78 is 25.9. The zero-order valence-corrected chi connectivity index (χ0v) is 17.2. The Hall–Kier alpha value is -1.76. The number of amides is 1. The highest BCUT2D eigenvalue weighted by atomic mass is 35.5. The lowest BCUT2D eigenvalue weighted by Gasteiger charge is -2.30. The van der Waals surface area contributed by atoms with Crippen molar-refractivity contribution in [2.24, 2.45) is 0 Å². The molecule has 8 heteroatoms. The van der Waals surface area contributed by atoms with Gasteiger partial charge in [-0.05, 0) is 50.1 Å². The number of halogens is 2. The summed E-state index contributed by atoms with van der Waals surface area (Å²) in [5.74, 6) is -0.536. The minimum Gasteiger partial charge on any atom is -0.322 e. The van der Waals surface area contributed by atoms with Crippen LogP contribution in [-0.2, 0) is 14.8 Å². The molecule has 2 aromatic carbocycles. The molecule has 0 spiro atoms. The van der Waals surface area contributed by atoms with Crippen LogP contribution in [0.25, 0.3) is 0 Å². The van der Waals surface area contributed by atoms with Gasteiger partial charge in [0.25, 0.3) is 0 Å². The maximum Gasteiger partial charge on any atom is 0.248 e. The van der Waals surface area contributed by atoms with Gasteiger partial charge in [-0.3, -0.25) is 9.10 Å². The van der Waals surface area contributed by atoms with Gasteiger partial charge in [0, 0.05) is 0 Å². The first-order chi connectivity index (χ1) is 12.0. The molecular weight excluding hydrogens is 395 g/mol. The Labute approximate surface area is 164 Å². The van der Waals surface area contributed by atoms with Crippen molar-refractivity contribution in [2.45, 2.75) is 26.8 Å². The number of hydrogen-bond donors (Lipinski definition) is 1. The zero-order chi connectivity index (χ0) is 19.6. The molecule has 2 aromatic rings. The predicted molar refractivity (Wildman–Crippen MR) is 108 cm³/mol. The molecule has 1 amide bonds. The molecule has 0 heterocycles. The molecule has 0 saturated heterocycles. The first-order valence-electron chi connectivity index (χ1n) is 7.84. The number of carbonyl (C=O) groups excluding carboxylic acids is 1. The first kappa shape index (κ1) is 20.6. The van der Waals surface area contributed by atoms with Crippen molar-refractivity contribution in [2.75, 3.05) is 15.9 Å². The fourth-order valence-electron chi connectivity index (χ4n) is 2.58. The first-order valence-corrected chi connectivity index (χ1v) is 10.4. The smallest absolute Gasteiger partial charge is 0.248 e. The number of para-hydroxylation sites is 1. The van der Waals surface area contributed by atoms with Gasteiger partial charge in [-0.2, -0.15) is 0 Å². The molecule has 0 aliphatic rings. The summed E-state index contributed by atoms with van der Waals surface area (Å²) in [4.78, 5) is 12.7. The standard InChI is InChI=1S/C18H20Cl2N2O3S/c1-11-8-9-12(2)16(10-11)22(26(4,24)25)13(3)18(23)21-17-14(19)6-5-7-15(17)20/h5-10,13H,1-4H3,(H,21,23)/t13-/m1/s1. The van der Waals surface area contributed by atoms with Gasteiger partial charge in [0.1, 0.15) is 6.04 Å². The van der Waals surface area contributed by atoms with Gasteiger partial charge in [0.2, 0.25) is 15.9 Å². The van der Waals surface area contributed by atoms with Crippen molar-refractivity contribution < 1.29 is 13.2 Å². The van der Waals surface area contributed by atoms with Crippen LogP contribution in [0.5, 0.6) is 0 Å². The number of nitrogens with zero attached hydrogens (tertiary/aromatic N) is 1. The topological polar surface area (TPSA) is 66.5 Å². The predicted octanol–water partition coefficient (Wildman–Crippen LogP) is 4.40. The highest BCUT2D eigenvalue weighted by Gasteiger charge is 2.30. The fraction of sp³-hybridized carbons (Fsp3) is 0.278. The molecular formula is C18H20Cl2N2O3S. The Balaban J connectivity index is 2.43. The number of sulfonamides is 1. The molecule has 140 valence electrons. The van der Waals surface area contributed by atoms with Gasteiger partial charge in [0.05, 0.1) is 27.7 Å². The van der Waals surface area contributed by atoms with Crippen LogP contribution in [0.4, 0.5) is 11.4 Å². The summed E-state index contributed by atoms with van der Waals surface area (Å²) >= 11 is 12.2. The Morgan fingerprint density at radius 2 is 1.69 bits per heavy atom. The minimum atomic E-state index is -3.71. The summed E-state index contributed by atoms with van der Waals surface area (Å²) in [5.41, 5.74) is 2.35. The van der Waals surface area contributed by atoms with E-state index in [9.17, 15) is 13.2 Å². The molecule has 5 nitrogen and oxygen atoms in total. The molecule has 0 unspecified atom stereocenters. The van der Waals surface area contributed by atoms with Gasteiger partial charge < -0.3 is 5.32 Å². The van der Waals surface area contributed by atoms with Gasteiger partial charge in [-0.15, -0.1) is 0 Å². The monoisotopic (exact) mass is 414 g/mol. The second kappa shape index (κ2) is 7.86. The van der Waals surface area contributed by atoms with Crippen LogP contribution >= 0.6 is 23.2 Å². The van der Waals surface area contributed by atoms with E-state index in [0.29, 0.717) is 5.69 Å². The van der Waals surface area contributed by atoms with Gasteiger partial charge in [-0.1, -0.05) is 41.4 Å². The minimum absolute atomic E-state index is 0.252. The molecule has 0 radical (unpaired) electrons. The van der Waals surface area contributed by atoms with Crippen LogP contribution in [0.15, 0.2) is 36.4 Å². The number of nitrogens with one attached hydrogen (secondary N) is 1. The Morgan fingerprint density at radius 3 is 2.23 bits per heavy atom. The molecule has 0 saturated carbocycles. The van der Waals surface area contributed by atoms with Crippen LogP contribution < -0.4 is 9.62 Å². The summed E-state index contributed by atoms with van der Waals surface area (Å²) in [6, 6.07) is 9.27. The van der Waals surface area contributed by atoms with Crippen molar-refractivity contribution in [3.63, 3.8) is 0 Å². The summed E-state index contributed by atoms with van der Waals surface area (Å²) in [6.07, 6.45) is 1.07. The fourth-order valence-corrected chi connectivity index (χ4v) is 4.30. The van der Waals surface area contributed by atoms with Crippen LogP contribution in [0.2, 0.25) is 10.0 Å². The average Bonchev–Trinajstić information content (AvgIpc) is 2.53. The molecule has 0 aromatic heterocycles. The van der Waals surface area contributed by atoms with E-state index >= 15 is 0 Å². The van der Waals surface area contributed by atoms with Crippen molar-refractivity contribution in [1.29, 1.82) is 0 Å². The van der Waals surface area contributed by atoms with Crippen LogP contribution in [-0.4, -0.2) is 26.6 Å². The SMILES string of the molecule is Cc1ccc(C)c(N([C@H](C)C(=O)Nc2c(Cl)cccc2Cl)S(C)(=O)=O)c1. The summed E-state index contributed by atoms with van der Waals surface area (Å²) in [5, 5.41) is 3.17.